The van der Waals surface area contributed by atoms with Gasteiger partial charge in [-0.2, -0.15) is 4.52 Å². The molecule has 0 saturated carbocycles. The minimum atomic E-state index is -3.90. The van der Waals surface area contributed by atoms with Gasteiger partial charge in [0.15, 0.2) is 5.65 Å². The summed E-state index contributed by atoms with van der Waals surface area (Å²) in [7, 11) is -3.90. The van der Waals surface area contributed by atoms with E-state index in [0.29, 0.717) is 22.0 Å². The van der Waals surface area contributed by atoms with E-state index < -0.39 is 9.84 Å². The first kappa shape index (κ1) is 16.9. The van der Waals surface area contributed by atoms with Gasteiger partial charge >= 0.3 is 0 Å². The van der Waals surface area contributed by atoms with E-state index in [-0.39, 0.29) is 20.7 Å². The van der Waals surface area contributed by atoms with Crippen molar-refractivity contribution >= 4 is 38.0 Å². The number of para-hydroxylation sites is 1. The topological polar surface area (TPSA) is 77.2 Å². The largest absolute Gasteiger partial charge is 0.230 e. The number of sulfone groups is 1. The molecule has 0 saturated heterocycles. The van der Waals surface area contributed by atoms with Crippen LogP contribution in [0.3, 0.4) is 0 Å². The zero-order valence-corrected chi connectivity index (χ0v) is 15.9. The van der Waals surface area contributed by atoms with E-state index in [4.69, 9.17) is 11.6 Å². The number of hydrogen-bond acceptors (Lipinski definition) is 5. The van der Waals surface area contributed by atoms with Crippen molar-refractivity contribution in [3.05, 3.63) is 58.2 Å². The first-order valence-corrected chi connectivity index (χ1v) is 9.79. The van der Waals surface area contributed by atoms with Crippen LogP contribution < -0.4 is 0 Å². The normalized spacial score (nSPS) is 12.2. The summed E-state index contributed by atoms with van der Waals surface area (Å²) in [4.78, 5) is 4.49. The Labute approximate surface area is 155 Å². The standard InChI is InChI=1S/C18H15ClN4O2S/c1-10-8-11(2)15(12(3)9-10)26(24,25)18-17-20-16(19)13-6-4-5-7-14(13)23(17)22-21-18/h4-9H,1-3H3. The number of rotatable bonds is 2. The lowest BCUT2D eigenvalue weighted by Crippen LogP contribution is -2.08. The van der Waals surface area contributed by atoms with E-state index in [9.17, 15) is 8.42 Å². The summed E-state index contributed by atoms with van der Waals surface area (Å²) in [5, 5.41) is 8.66. The molecule has 0 unspecified atom stereocenters. The van der Waals surface area contributed by atoms with Crippen molar-refractivity contribution in [3.63, 3.8) is 0 Å². The summed E-state index contributed by atoms with van der Waals surface area (Å²) in [5.41, 5.74) is 3.09. The molecule has 0 atom stereocenters. The Morgan fingerprint density at radius 3 is 2.38 bits per heavy atom. The second-order valence-electron chi connectivity index (χ2n) is 6.28. The van der Waals surface area contributed by atoms with Crippen molar-refractivity contribution in [3.8, 4) is 0 Å². The van der Waals surface area contributed by atoms with Crippen LogP contribution in [0, 0.1) is 20.8 Å². The highest BCUT2D eigenvalue weighted by atomic mass is 35.5. The van der Waals surface area contributed by atoms with Crippen LogP contribution >= 0.6 is 11.6 Å². The van der Waals surface area contributed by atoms with E-state index in [2.05, 4.69) is 15.3 Å². The lowest BCUT2D eigenvalue weighted by Gasteiger charge is -2.10. The minimum Gasteiger partial charge on any atom is -0.217 e. The third-order valence-electron chi connectivity index (χ3n) is 4.30. The lowest BCUT2D eigenvalue weighted by molar-refractivity contribution is 0.591. The molecule has 0 spiro atoms. The van der Waals surface area contributed by atoms with Crippen LogP contribution in [0.4, 0.5) is 0 Å². The van der Waals surface area contributed by atoms with Crippen LogP contribution in [0.1, 0.15) is 16.7 Å². The van der Waals surface area contributed by atoms with E-state index >= 15 is 0 Å². The van der Waals surface area contributed by atoms with Gasteiger partial charge in [-0.3, -0.25) is 0 Å². The highest BCUT2D eigenvalue weighted by molar-refractivity contribution is 7.91. The molecule has 0 aliphatic carbocycles. The molecule has 0 bridgehead atoms. The molecular weight excluding hydrogens is 372 g/mol. The molecule has 8 heteroatoms. The number of aryl methyl sites for hydroxylation is 3. The first-order valence-electron chi connectivity index (χ1n) is 7.93. The van der Waals surface area contributed by atoms with Gasteiger partial charge < -0.3 is 0 Å². The predicted molar refractivity (Wildman–Crippen MR) is 99.4 cm³/mol. The van der Waals surface area contributed by atoms with Gasteiger partial charge in [0.1, 0.15) is 5.15 Å². The second-order valence-corrected chi connectivity index (χ2v) is 8.44. The summed E-state index contributed by atoms with van der Waals surface area (Å²) in [6.07, 6.45) is 0. The molecule has 6 nitrogen and oxygen atoms in total. The third kappa shape index (κ3) is 2.39. The SMILES string of the molecule is Cc1cc(C)c(S(=O)(=O)c2nnn3c2nc(Cl)c2ccccc23)c(C)c1. The molecule has 2 aromatic heterocycles. The van der Waals surface area contributed by atoms with Gasteiger partial charge in [0, 0.05) is 5.39 Å². The maximum Gasteiger partial charge on any atom is 0.230 e. The maximum absolute atomic E-state index is 13.3. The summed E-state index contributed by atoms with van der Waals surface area (Å²) in [6, 6.07) is 10.9. The maximum atomic E-state index is 13.3. The Balaban J connectivity index is 2.07. The van der Waals surface area contributed by atoms with Gasteiger partial charge in [0.25, 0.3) is 0 Å². The summed E-state index contributed by atoms with van der Waals surface area (Å²) < 4.78 is 28.0. The number of fused-ring (bicyclic) bond motifs is 3. The molecule has 0 amide bonds. The number of hydrogen-bond donors (Lipinski definition) is 0. The monoisotopic (exact) mass is 386 g/mol. The molecule has 4 rings (SSSR count). The smallest absolute Gasteiger partial charge is 0.217 e. The average Bonchev–Trinajstić information content (AvgIpc) is 2.98. The summed E-state index contributed by atoms with van der Waals surface area (Å²) in [5.74, 6) is 0. The predicted octanol–water partition coefficient (Wildman–Crippen LogP) is 3.69. The lowest BCUT2D eigenvalue weighted by atomic mass is 10.1. The molecule has 0 aliphatic rings. The van der Waals surface area contributed by atoms with Crippen molar-refractivity contribution in [2.45, 2.75) is 30.7 Å². The Morgan fingerprint density at radius 1 is 1.04 bits per heavy atom. The molecule has 0 radical (unpaired) electrons. The van der Waals surface area contributed by atoms with Gasteiger partial charge in [-0.15, -0.1) is 5.10 Å². The third-order valence-corrected chi connectivity index (χ3v) is 6.55. The van der Waals surface area contributed by atoms with Crippen LogP contribution in [0.25, 0.3) is 16.6 Å². The van der Waals surface area contributed by atoms with Crippen molar-refractivity contribution in [2.24, 2.45) is 0 Å². The van der Waals surface area contributed by atoms with Crippen LogP contribution in [0.15, 0.2) is 46.3 Å². The van der Waals surface area contributed by atoms with Gasteiger partial charge in [-0.1, -0.05) is 46.6 Å². The van der Waals surface area contributed by atoms with Crippen LogP contribution in [0.2, 0.25) is 5.15 Å². The molecule has 0 aliphatic heterocycles. The van der Waals surface area contributed by atoms with E-state index in [1.54, 1.807) is 26.0 Å². The molecule has 0 fully saturated rings. The van der Waals surface area contributed by atoms with E-state index in [1.807, 2.05) is 31.2 Å². The number of halogens is 1. The number of aromatic nitrogens is 4. The summed E-state index contributed by atoms with van der Waals surface area (Å²) >= 11 is 6.27. The minimum absolute atomic E-state index is 0.119. The van der Waals surface area contributed by atoms with Crippen LogP contribution in [-0.4, -0.2) is 28.2 Å². The molecule has 2 aromatic carbocycles. The molecule has 132 valence electrons. The van der Waals surface area contributed by atoms with Crippen LogP contribution in [0.5, 0.6) is 0 Å². The molecule has 26 heavy (non-hydrogen) atoms. The highest BCUT2D eigenvalue weighted by Gasteiger charge is 2.29. The summed E-state index contributed by atoms with van der Waals surface area (Å²) in [6.45, 7) is 5.47. The Hall–Kier alpha value is -2.51. The molecular formula is C18H15ClN4O2S. The Kier molecular flexibility index (Phi) is 3.75. The average molecular weight is 387 g/mol. The molecule has 2 heterocycles. The first-order chi connectivity index (χ1) is 12.3. The van der Waals surface area contributed by atoms with Gasteiger partial charge in [-0.05, 0) is 44.0 Å². The van der Waals surface area contributed by atoms with E-state index in [0.717, 1.165) is 5.56 Å². The number of benzene rings is 2. The van der Waals surface area contributed by atoms with Crippen molar-refractivity contribution in [1.29, 1.82) is 0 Å². The highest BCUT2D eigenvalue weighted by Crippen LogP contribution is 2.31. The zero-order valence-electron chi connectivity index (χ0n) is 14.4. The fraction of sp³-hybridized carbons (Fsp3) is 0.167. The van der Waals surface area contributed by atoms with Gasteiger partial charge in [0.2, 0.25) is 14.9 Å². The molecule has 4 aromatic rings. The Morgan fingerprint density at radius 2 is 1.69 bits per heavy atom. The molecule has 0 N–H and O–H groups in total. The van der Waals surface area contributed by atoms with Gasteiger partial charge in [0.05, 0.1) is 10.4 Å². The quantitative estimate of drug-likeness (QED) is 0.491. The fourth-order valence-electron chi connectivity index (χ4n) is 3.37. The van der Waals surface area contributed by atoms with Crippen molar-refractivity contribution in [2.75, 3.05) is 0 Å². The fourth-order valence-corrected chi connectivity index (χ4v) is 5.28. The van der Waals surface area contributed by atoms with E-state index in [1.165, 1.54) is 4.52 Å². The van der Waals surface area contributed by atoms with Gasteiger partial charge in [-0.25, -0.2) is 13.4 Å². The van der Waals surface area contributed by atoms with Crippen molar-refractivity contribution in [1.82, 2.24) is 19.8 Å². The second kappa shape index (κ2) is 5.75. The number of nitrogens with zero attached hydrogens (tertiary/aromatic N) is 4. The van der Waals surface area contributed by atoms with Crippen LogP contribution in [-0.2, 0) is 9.84 Å². The zero-order chi connectivity index (χ0) is 18.6. The Bertz CT molecular complexity index is 1270. The van der Waals surface area contributed by atoms with Crippen molar-refractivity contribution < 1.29 is 8.42 Å².